The molecule has 18 heavy (non-hydrogen) atoms. The number of anilines is 1. The molecular formula is C12H17NO4S. The van der Waals surface area contributed by atoms with E-state index >= 15 is 0 Å². The minimum Gasteiger partial charge on any atom is -0.465 e. The fourth-order valence-electron chi connectivity index (χ4n) is 1.30. The van der Waals surface area contributed by atoms with Crippen LogP contribution in [-0.2, 0) is 14.8 Å². The van der Waals surface area contributed by atoms with Crippen LogP contribution in [0.15, 0.2) is 18.2 Å². The normalized spacial score (nSPS) is 11.4. The zero-order valence-corrected chi connectivity index (χ0v) is 11.7. The van der Waals surface area contributed by atoms with Gasteiger partial charge in [-0.2, -0.15) is 0 Å². The number of ether oxygens (including phenoxy) is 1. The van der Waals surface area contributed by atoms with Crippen molar-refractivity contribution >= 4 is 21.7 Å². The third kappa shape index (κ3) is 3.22. The minimum absolute atomic E-state index is 0.210. The molecule has 0 fully saturated rings. The molecular weight excluding hydrogens is 254 g/mol. The molecule has 1 aromatic rings. The second-order valence-corrected chi connectivity index (χ2v) is 6.47. The molecule has 1 aromatic carbocycles. The summed E-state index contributed by atoms with van der Waals surface area (Å²) < 4.78 is 30.6. The average molecular weight is 271 g/mol. The Hall–Kier alpha value is -1.56. The second-order valence-electron chi connectivity index (χ2n) is 4.24. The molecule has 6 heteroatoms. The lowest BCUT2D eigenvalue weighted by Crippen LogP contribution is -2.23. The third-order valence-electron chi connectivity index (χ3n) is 2.45. The summed E-state index contributed by atoms with van der Waals surface area (Å²) in [6.45, 7) is 4.94. The fraction of sp³-hybridized carbons (Fsp3) is 0.417. The van der Waals surface area contributed by atoms with E-state index in [-0.39, 0.29) is 11.3 Å². The standard InChI is InChI=1S/C12H17NO4S/c1-8(2)18(15,16)13-11-6-5-9(3)7-10(11)12(14)17-4/h5-8,13H,1-4H3. The lowest BCUT2D eigenvalue weighted by molar-refractivity contribution is 0.0602. The number of nitrogens with one attached hydrogen (secondary N) is 1. The molecule has 1 N–H and O–H groups in total. The van der Waals surface area contributed by atoms with Gasteiger partial charge in [-0.25, -0.2) is 13.2 Å². The summed E-state index contributed by atoms with van der Waals surface area (Å²) in [6.07, 6.45) is 0. The van der Waals surface area contributed by atoms with Gasteiger partial charge in [-0.15, -0.1) is 0 Å². The Morgan fingerprint density at radius 3 is 2.44 bits per heavy atom. The highest BCUT2D eigenvalue weighted by molar-refractivity contribution is 7.93. The Bertz CT molecular complexity index is 549. The van der Waals surface area contributed by atoms with Crippen LogP contribution in [0.25, 0.3) is 0 Å². The van der Waals surface area contributed by atoms with Gasteiger partial charge in [0, 0.05) is 0 Å². The number of hydrogen-bond acceptors (Lipinski definition) is 4. The molecule has 5 nitrogen and oxygen atoms in total. The van der Waals surface area contributed by atoms with Crippen LogP contribution < -0.4 is 4.72 Å². The molecule has 0 radical (unpaired) electrons. The molecule has 0 aliphatic carbocycles. The summed E-state index contributed by atoms with van der Waals surface area (Å²) >= 11 is 0. The quantitative estimate of drug-likeness (QED) is 0.849. The average Bonchev–Trinajstić information content (AvgIpc) is 2.30. The van der Waals surface area contributed by atoms with Crippen molar-refractivity contribution in [2.24, 2.45) is 0 Å². The van der Waals surface area contributed by atoms with Crippen molar-refractivity contribution in [3.05, 3.63) is 29.3 Å². The number of aryl methyl sites for hydroxylation is 1. The van der Waals surface area contributed by atoms with Gasteiger partial charge in [-0.3, -0.25) is 4.72 Å². The number of carbonyl (C=O) groups is 1. The van der Waals surface area contributed by atoms with Gasteiger partial charge >= 0.3 is 5.97 Å². The maximum absolute atomic E-state index is 11.8. The third-order valence-corrected chi connectivity index (χ3v) is 4.20. The molecule has 0 unspecified atom stereocenters. The lowest BCUT2D eigenvalue weighted by atomic mass is 10.1. The van der Waals surface area contributed by atoms with Crippen LogP contribution in [0.1, 0.15) is 29.8 Å². The van der Waals surface area contributed by atoms with Crippen molar-refractivity contribution in [2.75, 3.05) is 11.8 Å². The van der Waals surface area contributed by atoms with Crippen LogP contribution in [0.5, 0.6) is 0 Å². The molecule has 0 amide bonds. The molecule has 1 rings (SSSR count). The molecule has 0 atom stereocenters. The Kier molecular flexibility index (Phi) is 4.34. The fourth-order valence-corrected chi connectivity index (χ4v) is 2.02. The summed E-state index contributed by atoms with van der Waals surface area (Å²) in [5.41, 5.74) is 1.30. The highest BCUT2D eigenvalue weighted by Crippen LogP contribution is 2.20. The van der Waals surface area contributed by atoms with E-state index in [2.05, 4.69) is 9.46 Å². The maximum atomic E-state index is 11.8. The van der Waals surface area contributed by atoms with Gasteiger partial charge in [0.25, 0.3) is 0 Å². The van der Waals surface area contributed by atoms with Gasteiger partial charge in [-0.1, -0.05) is 11.6 Å². The highest BCUT2D eigenvalue weighted by atomic mass is 32.2. The summed E-state index contributed by atoms with van der Waals surface area (Å²) in [7, 11) is -2.23. The first-order valence-corrected chi connectivity index (χ1v) is 7.03. The minimum atomic E-state index is -3.49. The largest absolute Gasteiger partial charge is 0.465 e. The molecule has 0 spiro atoms. The van der Waals surface area contributed by atoms with Crippen molar-refractivity contribution in [3.63, 3.8) is 0 Å². The summed E-state index contributed by atoms with van der Waals surface area (Å²) in [6, 6.07) is 4.87. The Balaban J connectivity index is 3.21. The number of sulfonamides is 1. The predicted molar refractivity (Wildman–Crippen MR) is 70.2 cm³/mol. The van der Waals surface area contributed by atoms with E-state index in [0.717, 1.165) is 5.56 Å². The zero-order valence-electron chi connectivity index (χ0n) is 10.9. The number of rotatable bonds is 4. The first-order chi connectivity index (χ1) is 8.27. The molecule has 0 saturated carbocycles. The number of benzene rings is 1. The van der Waals surface area contributed by atoms with Crippen LogP contribution in [0, 0.1) is 6.92 Å². The van der Waals surface area contributed by atoms with Crippen molar-refractivity contribution < 1.29 is 17.9 Å². The first-order valence-electron chi connectivity index (χ1n) is 5.48. The SMILES string of the molecule is COC(=O)c1cc(C)ccc1NS(=O)(=O)C(C)C. The van der Waals surface area contributed by atoms with Crippen molar-refractivity contribution in [2.45, 2.75) is 26.0 Å². The Morgan fingerprint density at radius 2 is 1.94 bits per heavy atom. The Labute approximate surface area is 107 Å². The van der Waals surface area contributed by atoms with E-state index < -0.39 is 21.2 Å². The van der Waals surface area contributed by atoms with Crippen LogP contribution >= 0.6 is 0 Å². The van der Waals surface area contributed by atoms with E-state index in [1.54, 1.807) is 32.0 Å². The van der Waals surface area contributed by atoms with E-state index in [0.29, 0.717) is 0 Å². The molecule has 0 bridgehead atoms. The van der Waals surface area contributed by atoms with Crippen LogP contribution in [0.2, 0.25) is 0 Å². The van der Waals surface area contributed by atoms with Gasteiger partial charge in [0.2, 0.25) is 10.0 Å². The van der Waals surface area contributed by atoms with Crippen LogP contribution in [-0.4, -0.2) is 26.7 Å². The van der Waals surface area contributed by atoms with Crippen LogP contribution in [0.4, 0.5) is 5.69 Å². The van der Waals surface area contributed by atoms with E-state index in [9.17, 15) is 13.2 Å². The van der Waals surface area contributed by atoms with Gasteiger partial charge in [0.15, 0.2) is 0 Å². The molecule has 0 saturated heterocycles. The van der Waals surface area contributed by atoms with Crippen molar-refractivity contribution in [3.8, 4) is 0 Å². The number of carbonyl (C=O) groups excluding carboxylic acids is 1. The smallest absolute Gasteiger partial charge is 0.340 e. The second kappa shape index (κ2) is 5.39. The summed E-state index contributed by atoms with van der Waals surface area (Å²) in [4.78, 5) is 11.6. The van der Waals surface area contributed by atoms with Gasteiger partial charge in [0.05, 0.1) is 23.6 Å². The topological polar surface area (TPSA) is 72.5 Å². The number of esters is 1. The van der Waals surface area contributed by atoms with Crippen LogP contribution in [0.3, 0.4) is 0 Å². The van der Waals surface area contributed by atoms with Gasteiger partial charge in [0.1, 0.15) is 0 Å². The summed E-state index contributed by atoms with van der Waals surface area (Å²) in [5.74, 6) is -0.569. The lowest BCUT2D eigenvalue weighted by Gasteiger charge is -2.14. The Morgan fingerprint density at radius 1 is 1.33 bits per heavy atom. The molecule has 100 valence electrons. The molecule has 0 aromatic heterocycles. The number of hydrogen-bond donors (Lipinski definition) is 1. The maximum Gasteiger partial charge on any atom is 0.340 e. The van der Waals surface area contributed by atoms with Crippen molar-refractivity contribution in [1.29, 1.82) is 0 Å². The van der Waals surface area contributed by atoms with E-state index in [1.807, 2.05) is 6.92 Å². The van der Waals surface area contributed by atoms with Gasteiger partial charge in [-0.05, 0) is 32.9 Å². The van der Waals surface area contributed by atoms with Gasteiger partial charge < -0.3 is 4.74 Å². The zero-order chi connectivity index (χ0) is 13.9. The molecule has 0 aliphatic rings. The van der Waals surface area contributed by atoms with E-state index in [1.165, 1.54) is 7.11 Å². The monoisotopic (exact) mass is 271 g/mol. The predicted octanol–water partition coefficient (Wildman–Crippen LogP) is 1.93. The van der Waals surface area contributed by atoms with Crippen molar-refractivity contribution in [1.82, 2.24) is 0 Å². The molecule has 0 heterocycles. The summed E-state index contributed by atoms with van der Waals surface area (Å²) in [5, 5.41) is -0.579. The highest BCUT2D eigenvalue weighted by Gasteiger charge is 2.20. The number of methoxy groups -OCH3 is 1. The molecule has 0 aliphatic heterocycles. The van der Waals surface area contributed by atoms with E-state index in [4.69, 9.17) is 0 Å². The first kappa shape index (κ1) is 14.5.